The third-order valence-corrected chi connectivity index (χ3v) is 5.81. The first-order chi connectivity index (χ1) is 7.86. The number of nitrogens with one attached hydrogen (secondary N) is 1. The van der Waals surface area contributed by atoms with E-state index in [4.69, 9.17) is 4.74 Å². The maximum Gasteiger partial charge on any atom is 0.0697 e. The Morgan fingerprint density at radius 1 is 1.25 bits per heavy atom. The van der Waals surface area contributed by atoms with E-state index in [1.165, 1.54) is 57.2 Å². The quantitative estimate of drug-likeness (QED) is 0.820. The molecule has 2 unspecified atom stereocenters. The fourth-order valence-electron chi connectivity index (χ4n) is 3.22. The van der Waals surface area contributed by atoms with Crippen LogP contribution in [-0.4, -0.2) is 35.8 Å². The molecule has 3 aliphatic rings. The van der Waals surface area contributed by atoms with Gasteiger partial charge in [-0.2, -0.15) is 11.8 Å². The Kier molecular flexibility index (Phi) is 3.46. The summed E-state index contributed by atoms with van der Waals surface area (Å²) in [5, 5.41) is 4.68. The second kappa shape index (κ2) is 4.87. The van der Waals surface area contributed by atoms with Gasteiger partial charge in [-0.1, -0.05) is 0 Å². The molecule has 2 nitrogen and oxygen atoms in total. The summed E-state index contributed by atoms with van der Waals surface area (Å²) < 4.78 is 5.96. The van der Waals surface area contributed by atoms with Crippen molar-refractivity contribution in [3.05, 3.63) is 0 Å². The zero-order chi connectivity index (χ0) is 10.8. The molecule has 2 heterocycles. The maximum atomic E-state index is 5.96. The Hall–Kier alpha value is 0.270. The molecule has 0 aromatic rings. The summed E-state index contributed by atoms with van der Waals surface area (Å²) in [5.41, 5.74) is 0.304. The molecule has 0 bridgehead atoms. The van der Waals surface area contributed by atoms with E-state index < -0.39 is 0 Å². The van der Waals surface area contributed by atoms with Crippen LogP contribution in [-0.2, 0) is 4.74 Å². The standard InChI is InChI=1S/C13H23NOS/c1-3-12(16-8-1)10-14-11-4-7-15-13(9-11)5-2-6-13/h11-12,14H,1-10H2. The Balaban J connectivity index is 1.43. The number of rotatable bonds is 3. The normalized spacial score (nSPS) is 37.5. The van der Waals surface area contributed by atoms with Crippen LogP contribution in [0.4, 0.5) is 0 Å². The van der Waals surface area contributed by atoms with E-state index in [2.05, 4.69) is 17.1 Å². The summed E-state index contributed by atoms with van der Waals surface area (Å²) >= 11 is 2.16. The van der Waals surface area contributed by atoms with Gasteiger partial charge in [-0.3, -0.25) is 0 Å². The Morgan fingerprint density at radius 2 is 2.19 bits per heavy atom. The molecular weight excluding hydrogens is 218 g/mol. The lowest BCUT2D eigenvalue weighted by Crippen LogP contribution is -2.51. The topological polar surface area (TPSA) is 21.3 Å². The summed E-state index contributed by atoms with van der Waals surface area (Å²) in [6.07, 6.45) is 9.34. The van der Waals surface area contributed by atoms with Gasteiger partial charge in [0.05, 0.1) is 5.60 Å². The number of ether oxygens (including phenoxy) is 1. The van der Waals surface area contributed by atoms with E-state index in [0.717, 1.165) is 17.9 Å². The summed E-state index contributed by atoms with van der Waals surface area (Å²) in [5.74, 6) is 1.38. The van der Waals surface area contributed by atoms with Crippen LogP contribution in [0, 0.1) is 0 Å². The van der Waals surface area contributed by atoms with Crippen molar-refractivity contribution in [2.45, 2.75) is 61.8 Å². The minimum Gasteiger partial charge on any atom is -0.375 e. The van der Waals surface area contributed by atoms with Crippen molar-refractivity contribution in [2.75, 3.05) is 18.9 Å². The van der Waals surface area contributed by atoms with Gasteiger partial charge in [0.1, 0.15) is 0 Å². The molecule has 1 aliphatic carbocycles. The first-order valence-corrected chi connectivity index (χ1v) is 7.90. The summed E-state index contributed by atoms with van der Waals surface area (Å²) in [6.45, 7) is 2.21. The molecule has 0 aromatic carbocycles. The molecule has 16 heavy (non-hydrogen) atoms. The van der Waals surface area contributed by atoms with Crippen molar-refractivity contribution >= 4 is 11.8 Å². The summed E-state index contributed by atoms with van der Waals surface area (Å²) in [7, 11) is 0. The molecule has 0 radical (unpaired) electrons. The molecule has 2 atom stereocenters. The van der Waals surface area contributed by atoms with Crippen LogP contribution in [0.3, 0.4) is 0 Å². The van der Waals surface area contributed by atoms with Gasteiger partial charge < -0.3 is 10.1 Å². The average Bonchev–Trinajstić information content (AvgIpc) is 2.77. The van der Waals surface area contributed by atoms with Gasteiger partial charge in [-0.05, 0) is 50.7 Å². The minimum absolute atomic E-state index is 0.304. The van der Waals surface area contributed by atoms with E-state index in [-0.39, 0.29) is 0 Å². The van der Waals surface area contributed by atoms with Crippen molar-refractivity contribution in [3.63, 3.8) is 0 Å². The maximum absolute atomic E-state index is 5.96. The highest BCUT2D eigenvalue weighted by Gasteiger charge is 2.42. The second-order valence-corrected chi connectivity index (χ2v) is 7.03. The van der Waals surface area contributed by atoms with E-state index in [1.807, 2.05) is 0 Å². The average molecular weight is 241 g/mol. The largest absolute Gasteiger partial charge is 0.375 e. The molecular formula is C13H23NOS. The number of hydrogen-bond acceptors (Lipinski definition) is 3. The monoisotopic (exact) mass is 241 g/mol. The Morgan fingerprint density at radius 3 is 2.88 bits per heavy atom. The first kappa shape index (κ1) is 11.4. The van der Waals surface area contributed by atoms with Crippen LogP contribution in [0.2, 0.25) is 0 Å². The van der Waals surface area contributed by atoms with Gasteiger partial charge in [0.25, 0.3) is 0 Å². The van der Waals surface area contributed by atoms with Gasteiger partial charge >= 0.3 is 0 Å². The molecule has 2 saturated heterocycles. The summed E-state index contributed by atoms with van der Waals surface area (Å²) in [6, 6.07) is 0.732. The molecule has 2 aliphatic heterocycles. The van der Waals surface area contributed by atoms with Crippen LogP contribution in [0.1, 0.15) is 44.9 Å². The first-order valence-electron chi connectivity index (χ1n) is 6.85. The van der Waals surface area contributed by atoms with Crippen molar-refractivity contribution in [1.82, 2.24) is 5.32 Å². The van der Waals surface area contributed by atoms with Gasteiger partial charge in [0, 0.05) is 24.4 Å². The van der Waals surface area contributed by atoms with Crippen LogP contribution in [0.15, 0.2) is 0 Å². The lowest BCUT2D eigenvalue weighted by Gasteiger charge is -2.47. The Bertz CT molecular complexity index is 236. The molecule has 1 spiro atoms. The fraction of sp³-hybridized carbons (Fsp3) is 1.00. The highest BCUT2D eigenvalue weighted by atomic mass is 32.2. The smallest absolute Gasteiger partial charge is 0.0697 e. The van der Waals surface area contributed by atoms with Crippen LogP contribution >= 0.6 is 11.8 Å². The molecule has 0 aromatic heterocycles. The third kappa shape index (κ3) is 2.41. The highest BCUT2D eigenvalue weighted by molar-refractivity contribution is 8.00. The SMILES string of the molecule is C1CSC(CNC2CCOC3(CCC3)C2)C1. The van der Waals surface area contributed by atoms with Crippen molar-refractivity contribution in [1.29, 1.82) is 0 Å². The van der Waals surface area contributed by atoms with E-state index in [0.29, 0.717) is 5.60 Å². The predicted molar refractivity (Wildman–Crippen MR) is 69.0 cm³/mol. The minimum atomic E-state index is 0.304. The molecule has 1 saturated carbocycles. The van der Waals surface area contributed by atoms with Gasteiger partial charge in [-0.25, -0.2) is 0 Å². The third-order valence-electron chi connectivity index (χ3n) is 4.42. The van der Waals surface area contributed by atoms with E-state index >= 15 is 0 Å². The van der Waals surface area contributed by atoms with E-state index in [1.54, 1.807) is 0 Å². The molecule has 3 heteroatoms. The number of thioether (sulfide) groups is 1. The van der Waals surface area contributed by atoms with Crippen molar-refractivity contribution < 1.29 is 4.74 Å². The predicted octanol–water partition coefficient (Wildman–Crippen LogP) is 2.57. The molecule has 92 valence electrons. The Labute approximate surface area is 103 Å². The molecule has 3 rings (SSSR count). The van der Waals surface area contributed by atoms with Crippen LogP contribution in [0.5, 0.6) is 0 Å². The zero-order valence-electron chi connectivity index (χ0n) is 10.0. The van der Waals surface area contributed by atoms with Crippen LogP contribution in [0.25, 0.3) is 0 Å². The molecule has 1 N–H and O–H groups in total. The lowest BCUT2D eigenvalue weighted by atomic mass is 9.74. The van der Waals surface area contributed by atoms with Crippen molar-refractivity contribution in [3.8, 4) is 0 Å². The molecule has 3 fully saturated rings. The van der Waals surface area contributed by atoms with Gasteiger partial charge in [0.15, 0.2) is 0 Å². The summed E-state index contributed by atoms with van der Waals surface area (Å²) in [4.78, 5) is 0. The highest BCUT2D eigenvalue weighted by Crippen LogP contribution is 2.42. The van der Waals surface area contributed by atoms with Gasteiger partial charge in [-0.15, -0.1) is 0 Å². The number of hydrogen-bond donors (Lipinski definition) is 1. The zero-order valence-corrected chi connectivity index (χ0v) is 10.9. The van der Waals surface area contributed by atoms with E-state index in [9.17, 15) is 0 Å². The van der Waals surface area contributed by atoms with Crippen LogP contribution < -0.4 is 5.32 Å². The second-order valence-electron chi connectivity index (χ2n) is 5.62. The van der Waals surface area contributed by atoms with Gasteiger partial charge in [0.2, 0.25) is 0 Å². The fourth-order valence-corrected chi connectivity index (χ4v) is 4.44. The lowest BCUT2D eigenvalue weighted by molar-refractivity contribution is -0.135. The van der Waals surface area contributed by atoms with Crippen molar-refractivity contribution in [2.24, 2.45) is 0 Å². The molecule has 0 amide bonds.